The summed E-state index contributed by atoms with van der Waals surface area (Å²) in [4.78, 5) is 0.831. The van der Waals surface area contributed by atoms with Crippen LogP contribution in [-0.2, 0) is 17.6 Å². The van der Waals surface area contributed by atoms with E-state index in [0.717, 1.165) is 16.0 Å². The molecule has 0 amide bonds. The number of allylic oxidation sites excluding steroid dienone is 1. The van der Waals surface area contributed by atoms with E-state index in [0.29, 0.717) is 12.2 Å². The summed E-state index contributed by atoms with van der Waals surface area (Å²) in [7, 11) is 0. The number of phenolic OH excluding ortho intramolecular Hbond substituents is 1. The third-order valence-corrected chi connectivity index (χ3v) is 3.79. The maximum absolute atomic E-state index is 11.3. The van der Waals surface area contributed by atoms with Crippen molar-refractivity contribution < 1.29 is 9.66 Å². The Kier molecular flexibility index (Phi) is 4.66. The van der Waals surface area contributed by atoms with E-state index in [1.165, 1.54) is 0 Å². The number of hydrogen-bond acceptors (Lipinski definition) is 2. The molecule has 98 valence electrons. The summed E-state index contributed by atoms with van der Waals surface area (Å²) in [5.74, 6) is 0.323. The Bertz CT molecular complexity index is 559. The number of phenols is 1. The van der Waals surface area contributed by atoms with Gasteiger partial charge in [0.1, 0.15) is 12.0 Å². The van der Waals surface area contributed by atoms with Crippen molar-refractivity contribution in [2.24, 2.45) is 0 Å². The first-order chi connectivity index (χ1) is 9.16. The fraction of sp³-hybridized carbons (Fsp3) is 0.125. The molecule has 2 nitrogen and oxygen atoms in total. The zero-order valence-electron chi connectivity index (χ0n) is 10.7. The third kappa shape index (κ3) is 3.88. The first-order valence-electron chi connectivity index (χ1n) is 6.04. The average Bonchev–Trinajstić information content (AvgIpc) is 2.41. The van der Waals surface area contributed by atoms with Crippen molar-refractivity contribution in [1.29, 1.82) is 0 Å². The molecular weight excluding hydrogens is 256 g/mol. The van der Waals surface area contributed by atoms with E-state index in [1.807, 2.05) is 54.6 Å². The number of rotatable bonds is 4. The van der Waals surface area contributed by atoms with Crippen LogP contribution in [0.4, 0.5) is 0 Å². The van der Waals surface area contributed by atoms with E-state index >= 15 is 0 Å². The maximum Gasteiger partial charge on any atom is 0.152 e. The van der Waals surface area contributed by atoms with Gasteiger partial charge < -0.3 is 9.66 Å². The van der Waals surface area contributed by atoms with Gasteiger partial charge in [-0.15, -0.1) is 0 Å². The monoisotopic (exact) mass is 272 g/mol. The Balaban J connectivity index is 2.01. The molecule has 1 unspecified atom stereocenters. The molecule has 0 fully saturated rings. The Hall–Kier alpha value is -1.71. The molecule has 0 spiro atoms. The van der Waals surface area contributed by atoms with Gasteiger partial charge in [0.2, 0.25) is 0 Å². The molecule has 0 bridgehead atoms. The van der Waals surface area contributed by atoms with Crippen molar-refractivity contribution in [1.82, 2.24) is 0 Å². The highest BCUT2D eigenvalue weighted by atomic mass is 32.2. The molecular formula is C16H16O2S. The summed E-state index contributed by atoms with van der Waals surface area (Å²) >= 11 is -0.933. The second-order valence-corrected chi connectivity index (χ2v) is 5.64. The van der Waals surface area contributed by atoms with Crippen LogP contribution in [0.1, 0.15) is 11.1 Å². The fourth-order valence-corrected chi connectivity index (χ4v) is 2.30. The molecule has 0 heterocycles. The summed E-state index contributed by atoms with van der Waals surface area (Å²) in [6, 6.07) is 14.9. The molecule has 0 saturated heterocycles. The maximum atomic E-state index is 11.3. The lowest BCUT2D eigenvalue weighted by molar-refractivity contribution is 0.470. The van der Waals surface area contributed by atoms with Gasteiger partial charge in [0.05, 0.1) is 0 Å². The standard InChI is InChI=1S/C16H16O2S/c1-19(18)15-11-9-13(10-12-15)5-4-7-14-6-2-3-8-16(14)17/h2-6,8-12,17H,7H2,1H3/b5-4+. The molecule has 0 aliphatic rings. The van der Waals surface area contributed by atoms with Crippen LogP contribution in [0.25, 0.3) is 6.08 Å². The molecule has 2 aromatic rings. The molecule has 1 N–H and O–H groups in total. The molecule has 2 aromatic carbocycles. The Morgan fingerprint density at radius 1 is 1.11 bits per heavy atom. The summed E-state index contributed by atoms with van der Waals surface area (Å²) in [6.07, 6.45) is 6.36. The molecule has 1 atom stereocenters. The minimum Gasteiger partial charge on any atom is -0.612 e. The fourth-order valence-electron chi connectivity index (χ4n) is 1.78. The second-order valence-electron chi connectivity index (χ2n) is 4.26. The largest absolute Gasteiger partial charge is 0.612 e. The summed E-state index contributed by atoms with van der Waals surface area (Å²) in [5, 5.41) is 9.64. The highest BCUT2D eigenvalue weighted by Crippen LogP contribution is 2.17. The lowest BCUT2D eigenvalue weighted by Gasteiger charge is -2.03. The lowest BCUT2D eigenvalue weighted by Crippen LogP contribution is -1.96. The molecule has 0 aromatic heterocycles. The topological polar surface area (TPSA) is 43.3 Å². The molecule has 3 heteroatoms. The normalized spacial score (nSPS) is 12.7. The third-order valence-electron chi connectivity index (χ3n) is 2.85. The van der Waals surface area contributed by atoms with Crippen LogP contribution in [0.15, 0.2) is 59.5 Å². The van der Waals surface area contributed by atoms with Gasteiger partial charge in [-0.2, -0.15) is 0 Å². The van der Waals surface area contributed by atoms with E-state index in [1.54, 1.807) is 12.3 Å². The number of hydrogen-bond donors (Lipinski definition) is 1. The Morgan fingerprint density at radius 3 is 2.42 bits per heavy atom. The van der Waals surface area contributed by atoms with Gasteiger partial charge in [-0.3, -0.25) is 0 Å². The van der Waals surface area contributed by atoms with Crippen molar-refractivity contribution in [2.45, 2.75) is 11.3 Å². The predicted molar refractivity (Wildman–Crippen MR) is 79.6 cm³/mol. The number of benzene rings is 2. The highest BCUT2D eigenvalue weighted by Gasteiger charge is 2.01. The van der Waals surface area contributed by atoms with Crippen LogP contribution < -0.4 is 0 Å². The van der Waals surface area contributed by atoms with Crippen LogP contribution in [0.2, 0.25) is 0 Å². The van der Waals surface area contributed by atoms with Crippen LogP contribution in [0.3, 0.4) is 0 Å². The predicted octanol–water partition coefficient (Wildman–Crippen LogP) is 3.39. The van der Waals surface area contributed by atoms with E-state index < -0.39 is 11.2 Å². The number of para-hydroxylation sites is 1. The average molecular weight is 272 g/mol. The van der Waals surface area contributed by atoms with Crippen molar-refractivity contribution in [2.75, 3.05) is 6.26 Å². The van der Waals surface area contributed by atoms with E-state index in [9.17, 15) is 9.66 Å². The quantitative estimate of drug-likeness (QED) is 0.867. The molecule has 19 heavy (non-hydrogen) atoms. The van der Waals surface area contributed by atoms with Crippen LogP contribution >= 0.6 is 0 Å². The van der Waals surface area contributed by atoms with E-state index in [2.05, 4.69) is 0 Å². The lowest BCUT2D eigenvalue weighted by atomic mass is 10.1. The molecule has 0 aliphatic heterocycles. The van der Waals surface area contributed by atoms with Crippen molar-refractivity contribution in [3.8, 4) is 5.75 Å². The van der Waals surface area contributed by atoms with Crippen LogP contribution in [0, 0.1) is 0 Å². The van der Waals surface area contributed by atoms with Gasteiger partial charge in [-0.25, -0.2) is 0 Å². The first-order valence-corrected chi connectivity index (χ1v) is 7.59. The summed E-state index contributed by atoms with van der Waals surface area (Å²) in [5.41, 5.74) is 1.97. The minimum absolute atomic E-state index is 0.323. The van der Waals surface area contributed by atoms with E-state index in [-0.39, 0.29) is 0 Å². The highest BCUT2D eigenvalue weighted by molar-refractivity contribution is 7.90. The zero-order chi connectivity index (χ0) is 13.7. The van der Waals surface area contributed by atoms with Crippen molar-refractivity contribution in [3.63, 3.8) is 0 Å². The number of aromatic hydroxyl groups is 1. The van der Waals surface area contributed by atoms with Crippen LogP contribution in [0.5, 0.6) is 5.75 Å². The molecule has 0 saturated carbocycles. The van der Waals surface area contributed by atoms with Gasteiger partial charge in [0.25, 0.3) is 0 Å². The Morgan fingerprint density at radius 2 is 1.79 bits per heavy atom. The first kappa shape index (κ1) is 13.7. The van der Waals surface area contributed by atoms with Crippen molar-refractivity contribution >= 4 is 17.3 Å². The SMILES string of the molecule is C[S+]([O-])c1ccc(/C=C/Cc2ccccc2O)cc1. The van der Waals surface area contributed by atoms with Gasteiger partial charge >= 0.3 is 0 Å². The summed E-state index contributed by atoms with van der Waals surface area (Å²) in [6.45, 7) is 0. The summed E-state index contributed by atoms with van der Waals surface area (Å²) < 4.78 is 11.3. The van der Waals surface area contributed by atoms with Crippen LogP contribution in [-0.4, -0.2) is 15.9 Å². The second kappa shape index (κ2) is 6.45. The smallest absolute Gasteiger partial charge is 0.152 e. The van der Waals surface area contributed by atoms with Gasteiger partial charge in [-0.1, -0.05) is 42.5 Å². The minimum atomic E-state index is -0.933. The molecule has 0 aliphatic carbocycles. The molecule has 2 rings (SSSR count). The van der Waals surface area contributed by atoms with Gasteiger partial charge in [-0.05, 0) is 46.9 Å². The molecule has 0 radical (unpaired) electrons. The van der Waals surface area contributed by atoms with E-state index in [4.69, 9.17) is 0 Å². The van der Waals surface area contributed by atoms with Crippen molar-refractivity contribution in [3.05, 3.63) is 65.7 Å². The van der Waals surface area contributed by atoms with Gasteiger partial charge in [0.15, 0.2) is 4.90 Å². The van der Waals surface area contributed by atoms with Gasteiger partial charge in [0, 0.05) is 0 Å². The Labute approximate surface area is 116 Å². The zero-order valence-corrected chi connectivity index (χ0v) is 11.6.